The summed E-state index contributed by atoms with van der Waals surface area (Å²) in [6.07, 6.45) is 2.43. The van der Waals surface area contributed by atoms with Crippen LogP contribution >= 0.6 is 0 Å². The van der Waals surface area contributed by atoms with E-state index in [-0.39, 0.29) is 0 Å². The van der Waals surface area contributed by atoms with Crippen LogP contribution in [0.5, 0.6) is 0 Å². The molecule has 0 radical (unpaired) electrons. The smallest absolute Gasteiger partial charge is 0.163 e. The van der Waals surface area contributed by atoms with E-state index in [0.29, 0.717) is 6.04 Å². The predicted octanol–water partition coefficient (Wildman–Crippen LogP) is 4.49. The van der Waals surface area contributed by atoms with Crippen molar-refractivity contribution >= 4 is 17.3 Å². The Morgan fingerprint density at radius 1 is 0.917 bits per heavy atom. The first-order valence-electron chi connectivity index (χ1n) is 8.29. The van der Waals surface area contributed by atoms with Crippen molar-refractivity contribution in [3.8, 4) is 11.4 Å². The molecule has 0 aliphatic heterocycles. The zero-order valence-electron chi connectivity index (χ0n) is 13.7. The molecule has 0 saturated heterocycles. The zero-order chi connectivity index (χ0) is 16.4. The molecule has 0 bridgehead atoms. The van der Waals surface area contributed by atoms with Gasteiger partial charge in [0.25, 0.3) is 0 Å². The average Bonchev–Trinajstić information content (AvgIpc) is 3.46. The van der Waals surface area contributed by atoms with Gasteiger partial charge in [0.15, 0.2) is 5.82 Å². The van der Waals surface area contributed by atoms with Crippen LogP contribution in [-0.4, -0.2) is 23.1 Å². The van der Waals surface area contributed by atoms with Crippen molar-refractivity contribution in [2.24, 2.45) is 0 Å². The molecule has 0 unspecified atom stereocenters. The van der Waals surface area contributed by atoms with Gasteiger partial charge in [-0.05, 0) is 25.0 Å². The van der Waals surface area contributed by atoms with Crippen LogP contribution in [0.15, 0.2) is 66.7 Å². The second-order valence-electron chi connectivity index (χ2n) is 6.11. The van der Waals surface area contributed by atoms with Gasteiger partial charge in [0.2, 0.25) is 0 Å². The van der Waals surface area contributed by atoms with E-state index in [0.717, 1.165) is 28.7 Å². The molecule has 0 amide bonds. The Morgan fingerprint density at radius 3 is 2.25 bits per heavy atom. The van der Waals surface area contributed by atoms with Crippen molar-refractivity contribution in [3.05, 3.63) is 66.7 Å². The molecule has 1 saturated carbocycles. The molecule has 1 aromatic heterocycles. The Bertz CT molecular complexity index is 814. The van der Waals surface area contributed by atoms with E-state index in [1.165, 1.54) is 12.8 Å². The van der Waals surface area contributed by atoms with E-state index in [9.17, 15) is 0 Å². The number of rotatable bonds is 5. The van der Waals surface area contributed by atoms with E-state index in [4.69, 9.17) is 9.97 Å². The highest BCUT2D eigenvalue weighted by molar-refractivity contribution is 5.66. The molecular formula is C20H20N4. The third-order valence-electron chi connectivity index (χ3n) is 4.16. The highest BCUT2D eigenvalue weighted by Crippen LogP contribution is 2.29. The Morgan fingerprint density at radius 2 is 1.58 bits per heavy atom. The van der Waals surface area contributed by atoms with Gasteiger partial charge < -0.3 is 10.2 Å². The monoisotopic (exact) mass is 316 g/mol. The Kier molecular flexibility index (Phi) is 3.87. The molecule has 1 fully saturated rings. The number of nitrogens with zero attached hydrogens (tertiary/aromatic N) is 3. The highest BCUT2D eigenvalue weighted by atomic mass is 15.2. The van der Waals surface area contributed by atoms with Crippen molar-refractivity contribution < 1.29 is 0 Å². The zero-order valence-corrected chi connectivity index (χ0v) is 13.7. The second kappa shape index (κ2) is 6.32. The van der Waals surface area contributed by atoms with Crippen LogP contribution in [0, 0.1) is 0 Å². The van der Waals surface area contributed by atoms with Gasteiger partial charge in [-0.2, -0.15) is 0 Å². The van der Waals surface area contributed by atoms with Gasteiger partial charge in [0, 0.05) is 30.4 Å². The van der Waals surface area contributed by atoms with Gasteiger partial charge in [-0.15, -0.1) is 0 Å². The van der Waals surface area contributed by atoms with Crippen LogP contribution in [0.1, 0.15) is 12.8 Å². The summed E-state index contributed by atoms with van der Waals surface area (Å²) in [6, 6.07) is 23.0. The molecule has 1 aliphatic rings. The Labute approximate surface area is 142 Å². The molecule has 1 aliphatic carbocycles. The number of hydrogen-bond donors (Lipinski definition) is 1. The normalized spacial score (nSPS) is 13.5. The first kappa shape index (κ1) is 14.7. The maximum atomic E-state index is 4.78. The first-order valence-corrected chi connectivity index (χ1v) is 8.29. The molecule has 1 N–H and O–H groups in total. The summed E-state index contributed by atoms with van der Waals surface area (Å²) < 4.78 is 0. The molecule has 1 heterocycles. The summed E-state index contributed by atoms with van der Waals surface area (Å²) in [5.74, 6) is 2.53. The summed E-state index contributed by atoms with van der Waals surface area (Å²) in [5, 5.41) is 3.49. The lowest BCUT2D eigenvalue weighted by atomic mass is 10.2. The molecule has 120 valence electrons. The topological polar surface area (TPSA) is 41.0 Å². The van der Waals surface area contributed by atoms with Gasteiger partial charge in [-0.25, -0.2) is 9.97 Å². The molecule has 3 aromatic rings. The maximum Gasteiger partial charge on any atom is 0.163 e. The summed E-state index contributed by atoms with van der Waals surface area (Å²) in [5.41, 5.74) is 2.13. The van der Waals surface area contributed by atoms with E-state index in [1.54, 1.807) is 0 Å². The minimum absolute atomic E-state index is 0.554. The predicted molar refractivity (Wildman–Crippen MR) is 98.6 cm³/mol. The fourth-order valence-electron chi connectivity index (χ4n) is 2.62. The van der Waals surface area contributed by atoms with Crippen LogP contribution in [-0.2, 0) is 0 Å². The van der Waals surface area contributed by atoms with Crippen LogP contribution in [0.4, 0.5) is 17.3 Å². The van der Waals surface area contributed by atoms with Gasteiger partial charge in [0.1, 0.15) is 11.6 Å². The van der Waals surface area contributed by atoms with Crippen LogP contribution in [0.3, 0.4) is 0 Å². The van der Waals surface area contributed by atoms with E-state index < -0.39 is 0 Å². The number of benzene rings is 2. The van der Waals surface area contributed by atoms with Gasteiger partial charge in [0.05, 0.1) is 0 Å². The Hall–Kier alpha value is -2.88. The lowest BCUT2D eigenvalue weighted by Crippen LogP contribution is -2.13. The quantitative estimate of drug-likeness (QED) is 0.753. The summed E-state index contributed by atoms with van der Waals surface area (Å²) in [7, 11) is 2.04. The van der Waals surface area contributed by atoms with Crippen molar-refractivity contribution in [3.63, 3.8) is 0 Å². The molecule has 4 heteroatoms. The van der Waals surface area contributed by atoms with Crippen molar-refractivity contribution in [1.29, 1.82) is 0 Å². The van der Waals surface area contributed by atoms with Gasteiger partial charge in [-0.1, -0.05) is 48.5 Å². The third kappa shape index (κ3) is 3.23. The van der Waals surface area contributed by atoms with Gasteiger partial charge >= 0.3 is 0 Å². The fourth-order valence-corrected chi connectivity index (χ4v) is 2.62. The lowest BCUT2D eigenvalue weighted by Gasteiger charge is -2.20. The van der Waals surface area contributed by atoms with Crippen LogP contribution in [0.2, 0.25) is 0 Å². The Balaban J connectivity index is 1.74. The number of hydrogen-bond acceptors (Lipinski definition) is 4. The highest BCUT2D eigenvalue weighted by Gasteiger charge is 2.22. The van der Waals surface area contributed by atoms with Gasteiger partial charge in [-0.3, -0.25) is 0 Å². The lowest BCUT2D eigenvalue weighted by molar-refractivity contribution is 1.05. The second-order valence-corrected chi connectivity index (χ2v) is 6.11. The fraction of sp³-hybridized carbons (Fsp3) is 0.200. The summed E-state index contributed by atoms with van der Waals surface area (Å²) >= 11 is 0. The van der Waals surface area contributed by atoms with E-state index in [2.05, 4.69) is 22.3 Å². The van der Waals surface area contributed by atoms with E-state index in [1.807, 2.05) is 61.6 Å². The minimum atomic E-state index is 0.554. The largest absolute Gasteiger partial charge is 0.367 e. The third-order valence-corrected chi connectivity index (χ3v) is 4.16. The number of para-hydroxylation sites is 1. The maximum absolute atomic E-state index is 4.78. The summed E-state index contributed by atoms with van der Waals surface area (Å²) in [6.45, 7) is 0. The number of nitrogens with one attached hydrogen (secondary N) is 1. The molecule has 2 aromatic carbocycles. The number of aromatic nitrogens is 2. The summed E-state index contributed by atoms with van der Waals surface area (Å²) in [4.78, 5) is 11.6. The standard InChI is InChI=1S/C20H20N4/c1-24(17-10-6-3-7-11-17)19-14-18(21-16-12-13-16)22-20(23-19)15-8-4-2-5-9-15/h2-11,14,16H,12-13H2,1H3,(H,21,22,23). The number of anilines is 3. The minimum Gasteiger partial charge on any atom is -0.367 e. The molecule has 4 nitrogen and oxygen atoms in total. The average molecular weight is 316 g/mol. The molecule has 24 heavy (non-hydrogen) atoms. The van der Waals surface area contributed by atoms with Crippen molar-refractivity contribution in [2.75, 3.05) is 17.3 Å². The molecule has 4 rings (SSSR count). The van der Waals surface area contributed by atoms with Crippen LogP contribution in [0.25, 0.3) is 11.4 Å². The van der Waals surface area contributed by atoms with Crippen LogP contribution < -0.4 is 10.2 Å². The SMILES string of the molecule is CN(c1ccccc1)c1cc(NC2CC2)nc(-c2ccccc2)n1. The molecular weight excluding hydrogens is 296 g/mol. The molecule has 0 atom stereocenters. The van der Waals surface area contributed by atoms with Crippen molar-refractivity contribution in [1.82, 2.24) is 9.97 Å². The first-order chi connectivity index (χ1) is 11.8. The molecule has 0 spiro atoms. The van der Waals surface area contributed by atoms with Crippen molar-refractivity contribution in [2.45, 2.75) is 18.9 Å². The van der Waals surface area contributed by atoms with E-state index >= 15 is 0 Å².